The molecule has 0 saturated carbocycles. The van der Waals surface area contributed by atoms with Gasteiger partial charge >= 0.3 is 5.97 Å². The van der Waals surface area contributed by atoms with E-state index in [1.165, 1.54) is 12.3 Å². The first-order valence-electron chi connectivity index (χ1n) is 5.90. The number of nitrogens with zero attached hydrogens (tertiary/aromatic N) is 2. The molecule has 1 saturated heterocycles. The predicted octanol–water partition coefficient (Wildman–Crippen LogP) is 0.835. The molecule has 1 aromatic heterocycles. The van der Waals surface area contributed by atoms with Crippen molar-refractivity contribution in [2.45, 2.75) is 18.9 Å². The molecule has 0 aromatic carbocycles. The van der Waals surface area contributed by atoms with E-state index in [2.05, 4.69) is 16.9 Å². The lowest BCUT2D eigenvalue weighted by Gasteiger charge is -2.29. The molecule has 0 bridgehead atoms. The molecule has 0 amide bonds. The van der Waals surface area contributed by atoms with E-state index in [1.54, 1.807) is 0 Å². The summed E-state index contributed by atoms with van der Waals surface area (Å²) in [6.07, 6.45) is 3.19. The zero-order valence-corrected chi connectivity index (χ0v) is 10.3. The van der Waals surface area contributed by atoms with Crippen molar-refractivity contribution >= 4 is 11.7 Å². The number of hydrogen-bond acceptors (Lipinski definition) is 5. The molecule has 0 atom stereocenters. The topological polar surface area (TPSA) is 88.7 Å². The molecule has 0 radical (unpaired) electrons. The van der Waals surface area contributed by atoms with Crippen molar-refractivity contribution in [1.29, 1.82) is 0 Å². The SMILES string of the molecule is CN1CCC(Oc2ncc(N)cc2C(=O)O)CC1. The summed E-state index contributed by atoms with van der Waals surface area (Å²) in [5.41, 5.74) is 5.87. The second-order valence-electron chi connectivity index (χ2n) is 4.55. The van der Waals surface area contributed by atoms with Gasteiger partial charge in [-0.3, -0.25) is 0 Å². The van der Waals surface area contributed by atoms with E-state index in [-0.39, 0.29) is 17.5 Å². The normalized spacial score (nSPS) is 17.6. The summed E-state index contributed by atoms with van der Waals surface area (Å²) in [4.78, 5) is 17.3. The Kier molecular flexibility index (Phi) is 3.66. The Balaban J connectivity index is 2.11. The van der Waals surface area contributed by atoms with Gasteiger partial charge in [-0.15, -0.1) is 0 Å². The predicted molar refractivity (Wildman–Crippen MR) is 66.8 cm³/mol. The minimum Gasteiger partial charge on any atom is -0.477 e. The molecular weight excluding hydrogens is 234 g/mol. The van der Waals surface area contributed by atoms with Gasteiger partial charge in [0.2, 0.25) is 5.88 Å². The average Bonchev–Trinajstić information content (AvgIpc) is 2.34. The average molecular weight is 251 g/mol. The van der Waals surface area contributed by atoms with Gasteiger partial charge in [-0.25, -0.2) is 9.78 Å². The summed E-state index contributed by atoms with van der Waals surface area (Å²) in [6, 6.07) is 1.37. The van der Waals surface area contributed by atoms with Crippen LogP contribution in [0.1, 0.15) is 23.2 Å². The smallest absolute Gasteiger partial charge is 0.341 e. The van der Waals surface area contributed by atoms with Gasteiger partial charge < -0.3 is 20.5 Å². The molecule has 0 spiro atoms. The van der Waals surface area contributed by atoms with Crippen molar-refractivity contribution in [3.05, 3.63) is 17.8 Å². The van der Waals surface area contributed by atoms with Gasteiger partial charge in [0.1, 0.15) is 11.7 Å². The van der Waals surface area contributed by atoms with E-state index in [9.17, 15) is 4.79 Å². The summed E-state index contributed by atoms with van der Waals surface area (Å²) in [5.74, 6) is -0.913. The van der Waals surface area contributed by atoms with Gasteiger partial charge in [0.15, 0.2) is 0 Å². The number of nitrogens with two attached hydrogens (primary N) is 1. The molecule has 3 N–H and O–H groups in total. The van der Waals surface area contributed by atoms with Crippen LogP contribution in [-0.4, -0.2) is 47.2 Å². The molecule has 0 unspecified atom stereocenters. The van der Waals surface area contributed by atoms with E-state index < -0.39 is 5.97 Å². The number of carboxylic acids is 1. The number of aromatic carboxylic acids is 1. The molecule has 2 rings (SSSR count). The van der Waals surface area contributed by atoms with Gasteiger partial charge in [0.25, 0.3) is 0 Å². The lowest BCUT2D eigenvalue weighted by molar-refractivity contribution is 0.0677. The monoisotopic (exact) mass is 251 g/mol. The summed E-state index contributed by atoms with van der Waals surface area (Å²) in [6.45, 7) is 1.89. The molecule has 1 aliphatic heterocycles. The minimum atomic E-state index is -1.07. The van der Waals surface area contributed by atoms with Crippen molar-refractivity contribution in [2.75, 3.05) is 25.9 Å². The Hall–Kier alpha value is -1.82. The number of aromatic nitrogens is 1. The van der Waals surface area contributed by atoms with Crippen LogP contribution in [0, 0.1) is 0 Å². The Morgan fingerprint density at radius 1 is 1.56 bits per heavy atom. The van der Waals surface area contributed by atoms with Crippen molar-refractivity contribution < 1.29 is 14.6 Å². The number of carboxylic acid groups (broad SMARTS) is 1. The van der Waals surface area contributed by atoms with Crippen LogP contribution in [0.15, 0.2) is 12.3 Å². The molecule has 1 aromatic rings. The van der Waals surface area contributed by atoms with Crippen LogP contribution in [0.3, 0.4) is 0 Å². The highest BCUT2D eigenvalue weighted by Gasteiger charge is 2.21. The molecular formula is C12H17N3O3. The molecule has 2 heterocycles. The Labute approximate surface area is 105 Å². The third-order valence-corrected chi connectivity index (χ3v) is 3.05. The molecule has 0 aliphatic carbocycles. The van der Waals surface area contributed by atoms with Crippen LogP contribution in [0.4, 0.5) is 5.69 Å². The number of nitrogen functional groups attached to an aromatic ring is 1. The molecule has 98 valence electrons. The highest BCUT2D eigenvalue weighted by atomic mass is 16.5. The number of likely N-dealkylation sites (tertiary alicyclic amines) is 1. The molecule has 1 aliphatic rings. The fourth-order valence-corrected chi connectivity index (χ4v) is 1.98. The van der Waals surface area contributed by atoms with Crippen LogP contribution in [0.2, 0.25) is 0 Å². The lowest BCUT2D eigenvalue weighted by atomic mass is 10.1. The maximum Gasteiger partial charge on any atom is 0.341 e. The number of rotatable bonds is 3. The second kappa shape index (κ2) is 5.22. The Morgan fingerprint density at radius 2 is 2.22 bits per heavy atom. The maximum absolute atomic E-state index is 11.1. The Morgan fingerprint density at radius 3 is 2.83 bits per heavy atom. The minimum absolute atomic E-state index is 0.0222. The summed E-state index contributed by atoms with van der Waals surface area (Å²) in [5, 5.41) is 9.08. The van der Waals surface area contributed by atoms with Gasteiger partial charge in [-0.2, -0.15) is 0 Å². The molecule has 6 nitrogen and oxygen atoms in total. The number of pyridine rings is 1. The van der Waals surface area contributed by atoms with E-state index in [4.69, 9.17) is 15.6 Å². The fraction of sp³-hybridized carbons (Fsp3) is 0.500. The third kappa shape index (κ3) is 2.89. The van der Waals surface area contributed by atoms with Crippen molar-refractivity contribution in [3.8, 4) is 5.88 Å². The first kappa shape index (κ1) is 12.6. The number of hydrogen-bond donors (Lipinski definition) is 2. The van der Waals surface area contributed by atoms with Gasteiger partial charge in [0.05, 0.1) is 11.9 Å². The van der Waals surface area contributed by atoms with E-state index in [1.807, 2.05) is 0 Å². The first-order chi connectivity index (χ1) is 8.56. The maximum atomic E-state index is 11.1. The van der Waals surface area contributed by atoms with E-state index >= 15 is 0 Å². The second-order valence-corrected chi connectivity index (χ2v) is 4.55. The molecule has 6 heteroatoms. The van der Waals surface area contributed by atoms with Gasteiger partial charge in [-0.1, -0.05) is 0 Å². The van der Waals surface area contributed by atoms with Gasteiger partial charge in [0, 0.05) is 13.1 Å². The summed E-state index contributed by atoms with van der Waals surface area (Å²) in [7, 11) is 2.06. The standard InChI is InChI=1S/C12H17N3O3/c1-15-4-2-9(3-5-15)18-11-10(12(16)17)6-8(13)7-14-11/h6-7,9H,2-5,13H2,1H3,(H,16,17). The highest BCUT2D eigenvalue weighted by molar-refractivity contribution is 5.91. The van der Waals surface area contributed by atoms with E-state index in [0.29, 0.717) is 5.69 Å². The van der Waals surface area contributed by atoms with Crippen molar-refractivity contribution in [1.82, 2.24) is 9.88 Å². The summed E-state index contributed by atoms with van der Waals surface area (Å²) >= 11 is 0. The van der Waals surface area contributed by atoms with Gasteiger partial charge in [-0.05, 0) is 26.0 Å². The number of carbonyl (C=O) groups is 1. The van der Waals surface area contributed by atoms with Crippen LogP contribution in [0.5, 0.6) is 5.88 Å². The Bertz CT molecular complexity index is 442. The van der Waals surface area contributed by atoms with Crippen molar-refractivity contribution in [2.24, 2.45) is 0 Å². The third-order valence-electron chi connectivity index (χ3n) is 3.05. The summed E-state index contributed by atoms with van der Waals surface area (Å²) < 4.78 is 5.68. The lowest BCUT2D eigenvalue weighted by Crippen LogP contribution is -2.36. The quantitative estimate of drug-likeness (QED) is 0.827. The van der Waals surface area contributed by atoms with Crippen molar-refractivity contribution in [3.63, 3.8) is 0 Å². The van der Waals surface area contributed by atoms with Crippen LogP contribution in [0.25, 0.3) is 0 Å². The van der Waals surface area contributed by atoms with E-state index in [0.717, 1.165) is 25.9 Å². The molecule has 1 fully saturated rings. The zero-order chi connectivity index (χ0) is 13.1. The first-order valence-corrected chi connectivity index (χ1v) is 5.90. The zero-order valence-electron chi connectivity index (χ0n) is 10.3. The van der Waals surface area contributed by atoms with Crippen LogP contribution in [-0.2, 0) is 0 Å². The van der Waals surface area contributed by atoms with Crippen LogP contribution < -0.4 is 10.5 Å². The number of ether oxygens (including phenoxy) is 1. The number of anilines is 1. The number of piperidine rings is 1. The molecule has 18 heavy (non-hydrogen) atoms. The fourth-order valence-electron chi connectivity index (χ4n) is 1.98. The van der Waals surface area contributed by atoms with Crippen LogP contribution >= 0.6 is 0 Å². The highest BCUT2D eigenvalue weighted by Crippen LogP contribution is 2.22. The largest absolute Gasteiger partial charge is 0.477 e.